The lowest BCUT2D eigenvalue weighted by Gasteiger charge is -2.15. The lowest BCUT2D eigenvalue weighted by molar-refractivity contribution is -0.121. The van der Waals surface area contributed by atoms with Crippen molar-refractivity contribution in [1.82, 2.24) is 20.2 Å². The molecular formula is C10H18N6O. The van der Waals surface area contributed by atoms with Crippen molar-refractivity contribution in [3.8, 4) is 0 Å². The molecule has 0 bridgehead atoms. The first-order chi connectivity index (χ1) is 8.15. The second kappa shape index (κ2) is 6.77. The second-order valence-electron chi connectivity index (χ2n) is 3.66. The minimum absolute atomic E-state index is 0.00297. The normalized spacial score (nSPS) is 10.4. The molecule has 0 aliphatic carbocycles. The Morgan fingerprint density at radius 2 is 2.24 bits per heavy atom. The third-order valence-electron chi connectivity index (χ3n) is 2.07. The molecule has 1 heterocycles. The number of hydrazine groups is 1. The molecular weight excluding hydrogens is 220 g/mol. The van der Waals surface area contributed by atoms with Gasteiger partial charge < -0.3 is 10.7 Å². The molecule has 0 saturated carbocycles. The fourth-order valence-corrected chi connectivity index (χ4v) is 1.34. The third-order valence-corrected chi connectivity index (χ3v) is 2.07. The zero-order chi connectivity index (χ0) is 12.7. The smallest absolute Gasteiger partial charge is 0.234 e. The topological polar surface area (TPSA) is 96.2 Å². The molecule has 94 valence electrons. The first kappa shape index (κ1) is 13.3. The van der Waals surface area contributed by atoms with Gasteiger partial charge in [-0.25, -0.2) is 10.8 Å². The van der Waals surface area contributed by atoms with E-state index in [0.717, 1.165) is 5.69 Å². The van der Waals surface area contributed by atoms with Crippen LogP contribution in [0.2, 0.25) is 0 Å². The standard InChI is InChI=1S/C10H18N6O/c1-3-12-10(17)7-16(2)6-8-4-14-9(15-11)5-13-8/h4-5H,3,6-7,11H2,1-2H3,(H,12,17)(H,14,15). The van der Waals surface area contributed by atoms with E-state index in [4.69, 9.17) is 5.84 Å². The molecule has 0 saturated heterocycles. The molecule has 0 spiro atoms. The fourth-order valence-electron chi connectivity index (χ4n) is 1.34. The largest absolute Gasteiger partial charge is 0.355 e. The van der Waals surface area contributed by atoms with Crippen molar-refractivity contribution in [3.63, 3.8) is 0 Å². The highest BCUT2D eigenvalue weighted by atomic mass is 16.1. The Hall–Kier alpha value is -1.73. The number of carbonyl (C=O) groups is 1. The van der Waals surface area contributed by atoms with Crippen LogP contribution in [0.1, 0.15) is 12.6 Å². The summed E-state index contributed by atoms with van der Waals surface area (Å²) in [6.45, 7) is 3.44. The van der Waals surface area contributed by atoms with E-state index >= 15 is 0 Å². The number of hydrogen-bond donors (Lipinski definition) is 3. The summed E-state index contributed by atoms with van der Waals surface area (Å²) in [7, 11) is 1.85. The van der Waals surface area contributed by atoms with E-state index in [1.807, 2.05) is 18.9 Å². The molecule has 1 amide bonds. The van der Waals surface area contributed by atoms with Gasteiger partial charge in [-0.2, -0.15) is 0 Å². The predicted molar refractivity (Wildman–Crippen MR) is 64.9 cm³/mol. The lowest BCUT2D eigenvalue weighted by atomic mass is 10.4. The molecule has 0 atom stereocenters. The van der Waals surface area contributed by atoms with Crippen LogP contribution in [0.4, 0.5) is 5.82 Å². The zero-order valence-corrected chi connectivity index (χ0v) is 10.1. The van der Waals surface area contributed by atoms with Gasteiger partial charge in [0.15, 0.2) is 5.82 Å². The molecule has 1 aromatic rings. The van der Waals surface area contributed by atoms with Crippen LogP contribution in [-0.4, -0.2) is 40.9 Å². The summed E-state index contributed by atoms with van der Waals surface area (Å²) in [6, 6.07) is 0. The first-order valence-electron chi connectivity index (χ1n) is 5.38. The van der Waals surface area contributed by atoms with E-state index in [9.17, 15) is 4.79 Å². The van der Waals surface area contributed by atoms with Gasteiger partial charge in [-0.15, -0.1) is 0 Å². The zero-order valence-electron chi connectivity index (χ0n) is 10.1. The summed E-state index contributed by atoms with van der Waals surface area (Å²) in [5.41, 5.74) is 3.19. The highest BCUT2D eigenvalue weighted by molar-refractivity contribution is 5.77. The van der Waals surface area contributed by atoms with E-state index in [0.29, 0.717) is 25.5 Å². The molecule has 1 aromatic heterocycles. The van der Waals surface area contributed by atoms with E-state index < -0.39 is 0 Å². The van der Waals surface area contributed by atoms with E-state index in [1.165, 1.54) is 0 Å². The molecule has 0 aliphatic heterocycles. The number of anilines is 1. The highest BCUT2D eigenvalue weighted by Gasteiger charge is 2.06. The molecule has 1 rings (SSSR count). The summed E-state index contributed by atoms with van der Waals surface area (Å²) >= 11 is 0. The first-order valence-corrected chi connectivity index (χ1v) is 5.38. The van der Waals surface area contributed by atoms with Crippen LogP contribution in [0.15, 0.2) is 12.4 Å². The molecule has 17 heavy (non-hydrogen) atoms. The van der Waals surface area contributed by atoms with Gasteiger partial charge >= 0.3 is 0 Å². The Morgan fingerprint density at radius 1 is 1.47 bits per heavy atom. The Morgan fingerprint density at radius 3 is 2.76 bits per heavy atom. The van der Waals surface area contributed by atoms with E-state index in [2.05, 4.69) is 20.7 Å². The number of nitrogens with zero attached hydrogens (tertiary/aromatic N) is 3. The number of nitrogen functional groups attached to an aromatic ring is 1. The van der Waals surface area contributed by atoms with Crippen LogP contribution in [-0.2, 0) is 11.3 Å². The number of carbonyl (C=O) groups excluding carboxylic acids is 1. The number of amides is 1. The number of nitrogens with two attached hydrogens (primary N) is 1. The predicted octanol–water partition coefficient (Wildman–Crippen LogP) is -0.670. The molecule has 7 nitrogen and oxygen atoms in total. The van der Waals surface area contributed by atoms with Crippen molar-refractivity contribution in [1.29, 1.82) is 0 Å². The molecule has 0 fully saturated rings. The van der Waals surface area contributed by atoms with Crippen LogP contribution < -0.4 is 16.6 Å². The van der Waals surface area contributed by atoms with Crippen molar-refractivity contribution < 1.29 is 4.79 Å². The molecule has 7 heteroatoms. The summed E-state index contributed by atoms with van der Waals surface area (Å²) in [4.78, 5) is 21.4. The second-order valence-corrected chi connectivity index (χ2v) is 3.66. The monoisotopic (exact) mass is 238 g/mol. The minimum Gasteiger partial charge on any atom is -0.355 e. The van der Waals surface area contributed by atoms with Gasteiger partial charge in [0.05, 0.1) is 24.6 Å². The Bertz CT molecular complexity index is 352. The van der Waals surface area contributed by atoms with E-state index in [-0.39, 0.29) is 5.91 Å². The maximum atomic E-state index is 11.3. The van der Waals surface area contributed by atoms with Crippen LogP contribution in [0.5, 0.6) is 0 Å². The summed E-state index contributed by atoms with van der Waals surface area (Å²) in [5, 5.41) is 2.74. The number of hydrogen-bond acceptors (Lipinski definition) is 6. The van der Waals surface area contributed by atoms with Crippen LogP contribution >= 0.6 is 0 Å². The van der Waals surface area contributed by atoms with Gasteiger partial charge in [0, 0.05) is 13.1 Å². The Labute approximate surface area is 100 Å². The fraction of sp³-hybridized carbons (Fsp3) is 0.500. The van der Waals surface area contributed by atoms with Crippen LogP contribution in [0, 0.1) is 0 Å². The molecule has 0 radical (unpaired) electrons. The number of aromatic nitrogens is 2. The van der Waals surface area contributed by atoms with Crippen LogP contribution in [0.3, 0.4) is 0 Å². The van der Waals surface area contributed by atoms with Crippen molar-refractivity contribution >= 4 is 11.7 Å². The Balaban J connectivity index is 2.44. The average molecular weight is 238 g/mol. The average Bonchev–Trinajstić information content (AvgIpc) is 2.30. The number of rotatable bonds is 6. The van der Waals surface area contributed by atoms with Gasteiger partial charge in [-0.05, 0) is 14.0 Å². The van der Waals surface area contributed by atoms with Crippen molar-refractivity contribution in [2.45, 2.75) is 13.5 Å². The Kier molecular flexibility index (Phi) is 5.31. The molecule has 4 N–H and O–H groups in total. The highest BCUT2D eigenvalue weighted by Crippen LogP contribution is 2.01. The minimum atomic E-state index is 0.00297. The third kappa shape index (κ3) is 4.75. The van der Waals surface area contributed by atoms with Gasteiger partial charge in [0.1, 0.15) is 0 Å². The maximum Gasteiger partial charge on any atom is 0.234 e. The maximum absolute atomic E-state index is 11.3. The van der Waals surface area contributed by atoms with Crippen molar-refractivity contribution in [2.24, 2.45) is 5.84 Å². The van der Waals surface area contributed by atoms with Gasteiger partial charge in [0.25, 0.3) is 0 Å². The van der Waals surface area contributed by atoms with Gasteiger partial charge in [0.2, 0.25) is 5.91 Å². The molecule has 0 aliphatic rings. The van der Waals surface area contributed by atoms with Gasteiger partial charge in [-0.3, -0.25) is 14.7 Å². The summed E-state index contributed by atoms with van der Waals surface area (Å²) in [5.74, 6) is 5.70. The SMILES string of the molecule is CCNC(=O)CN(C)Cc1cnc(NN)cn1. The van der Waals surface area contributed by atoms with Crippen molar-refractivity contribution in [3.05, 3.63) is 18.1 Å². The lowest BCUT2D eigenvalue weighted by Crippen LogP contribution is -2.34. The molecule has 0 unspecified atom stereocenters. The number of likely N-dealkylation sites (N-methyl/N-ethyl adjacent to an activating group) is 2. The summed E-state index contributed by atoms with van der Waals surface area (Å²) < 4.78 is 0. The summed E-state index contributed by atoms with van der Waals surface area (Å²) in [6.07, 6.45) is 3.18. The van der Waals surface area contributed by atoms with Gasteiger partial charge in [-0.1, -0.05) is 0 Å². The quantitative estimate of drug-likeness (QED) is 0.449. The van der Waals surface area contributed by atoms with E-state index in [1.54, 1.807) is 12.4 Å². The number of nitrogens with one attached hydrogen (secondary N) is 2. The van der Waals surface area contributed by atoms with Crippen LogP contribution in [0.25, 0.3) is 0 Å². The van der Waals surface area contributed by atoms with Crippen molar-refractivity contribution in [2.75, 3.05) is 25.6 Å². The molecule has 0 aromatic carbocycles.